The van der Waals surface area contributed by atoms with Crippen molar-refractivity contribution in [2.24, 2.45) is 0 Å². The number of piperidine rings is 1. The molecule has 0 aromatic heterocycles. The predicted octanol–water partition coefficient (Wildman–Crippen LogP) is 3.90. The van der Waals surface area contributed by atoms with Crippen molar-refractivity contribution in [2.45, 2.75) is 38.0 Å². The molecule has 2 aliphatic rings. The molecule has 5 nitrogen and oxygen atoms in total. The Labute approximate surface area is 170 Å². The van der Waals surface area contributed by atoms with Gasteiger partial charge in [-0.25, -0.2) is 0 Å². The second kappa shape index (κ2) is 7.08. The van der Waals surface area contributed by atoms with Crippen LogP contribution in [0.5, 0.6) is 17.2 Å². The Hall–Kier alpha value is -2.50. The lowest BCUT2D eigenvalue weighted by molar-refractivity contribution is 0.0256. The summed E-state index contributed by atoms with van der Waals surface area (Å²) in [5, 5.41) is 15.0. The fourth-order valence-electron chi connectivity index (χ4n) is 5.17. The summed E-state index contributed by atoms with van der Waals surface area (Å²) in [5.41, 5.74) is 2.75. The van der Waals surface area contributed by atoms with E-state index in [1.165, 1.54) is 27.3 Å². The number of fused-ring (bicyclic) bond motifs is 7. The summed E-state index contributed by atoms with van der Waals surface area (Å²) in [6.45, 7) is 1.62. The van der Waals surface area contributed by atoms with Crippen LogP contribution >= 0.6 is 0 Å². The molecule has 0 saturated carbocycles. The van der Waals surface area contributed by atoms with E-state index >= 15 is 0 Å². The van der Waals surface area contributed by atoms with Gasteiger partial charge in [0.2, 0.25) is 0 Å². The Bertz CT molecular complexity index is 1090. The van der Waals surface area contributed by atoms with Crippen molar-refractivity contribution in [2.75, 3.05) is 27.9 Å². The first-order chi connectivity index (χ1) is 14.1. The monoisotopic (exact) mass is 393 g/mol. The first kappa shape index (κ1) is 18.5. The quantitative estimate of drug-likeness (QED) is 0.684. The minimum Gasteiger partial charge on any atom is -0.497 e. The lowest BCUT2D eigenvalue weighted by atomic mass is 9.82. The molecule has 0 aliphatic carbocycles. The molecule has 0 spiro atoms. The number of methoxy groups -OCH3 is 3. The Kier molecular flexibility index (Phi) is 4.52. The van der Waals surface area contributed by atoms with E-state index in [0.717, 1.165) is 55.0 Å². The first-order valence-corrected chi connectivity index (χ1v) is 10.2. The van der Waals surface area contributed by atoms with Crippen LogP contribution in [-0.4, -0.2) is 50.0 Å². The van der Waals surface area contributed by atoms with E-state index in [4.69, 9.17) is 14.2 Å². The Morgan fingerprint density at radius 3 is 2.28 bits per heavy atom. The third kappa shape index (κ3) is 2.92. The molecule has 5 rings (SSSR count). The van der Waals surface area contributed by atoms with E-state index in [1.807, 2.05) is 6.07 Å². The third-order valence-corrected chi connectivity index (χ3v) is 6.65. The molecular weight excluding hydrogens is 366 g/mol. The predicted molar refractivity (Wildman–Crippen MR) is 114 cm³/mol. The van der Waals surface area contributed by atoms with Gasteiger partial charge < -0.3 is 19.3 Å². The van der Waals surface area contributed by atoms with Gasteiger partial charge in [0.25, 0.3) is 0 Å². The van der Waals surface area contributed by atoms with Crippen LogP contribution in [0.2, 0.25) is 0 Å². The highest BCUT2D eigenvalue weighted by Gasteiger charge is 2.33. The van der Waals surface area contributed by atoms with Crippen LogP contribution in [0.3, 0.4) is 0 Å². The molecule has 0 amide bonds. The number of benzene rings is 3. The van der Waals surface area contributed by atoms with Gasteiger partial charge in [0.05, 0.1) is 27.4 Å². The third-order valence-electron chi connectivity index (χ3n) is 6.65. The molecule has 3 aromatic carbocycles. The van der Waals surface area contributed by atoms with Crippen LogP contribution in [0, 0.1) is 0 Å². The summed E-state index contributed by atoms with van der Waals surface area (Å²) in [5.74, 6) is 2.34. The van der Waals surface area contributed by atoms with Crippen molar-refractivity contribution < 1.29 is 19.3 Å². The molecule has 1 N–H and O–H groups in total. The zero-order valence-electron chi connectivity index (χ0n) is 17.2. The van der Waals surface area contributed by atoms with E-state index in [-0.39, 0.29) is 6.10 Å². The zero-order chi connectivity index (χ0) is 20.1. The van der Waals surface area contributed by atoms with E-state index < -0.39 is 0 Å². The number of ether oxygens (including phenoxy) is 3. The lowest BCUT2D eigenvalue weighted by Gasteiger charge is -2.42. The number of rotatable bonds is 3. The smallest absolute Gasteiger partial charge is 0.161 e. The second-order valence-corrected chi connectivity index (χ2v) is 8.14. The van der Waals surface area contributed by atoms with Crippen LogP contribution < -0.4 is 14.2 Å². The summed E-state index contributed by atoms with van der Waals surface area (Å²) < 4.78 is 16.7. The maximum Gasteiger partial charge on any atom is 0.161 e. The van der Waals surface area contributed by atoms with Crippen LogP contribution in [0.1, 0.15) is 24.0 Å². The summed E-state index contributed by atoms with van der Waals surface area (Å²) >= 11 is 0. The van der Waals surface area contributed by atoms with Gasteiger partial charge in [0.15, 0.2) is 11.5 Å². The van der Waals surface area contributed by atoms with Gasteiger partial charge in [-0.2, -0.15) is 0 Å². The van der Waals surface area contributed by atoms with Gasteiger partial charge in [0.1, 0.15) is 5.75 Å². The minimum atomic E-state index is -0.219. The number of nitrogens with zero attached hydrogens (tertiary/aromatic N) is 1. The maximum absolute atomic E-state index is 10.2. The van der Waals surface area contributed by atoms with Crippen molar-refractivity contribution in [3.8, 4) is 17.2 Å². The molecule has 0 radical (unpaired) electrons. The van der Waals surface area contributed by atoms with Gasteiger partial charge in [-0.05, 0) is 76.2 Å². The zero-order valence-corrected chi connectivity index (χ0v) is 17.2. The molecule has 5 heteroatoms. The SMILES string of the molecule is COc1ccc2c3c(c4cc(OC)c(OC)cc4c2c1)C[C@H]1CC[C@H](O)CN1C3. The van der Waals surface area contributed by atoms with Crippen molar-refractivity contribution >= 4 is 21.5 Å². The summed E-state index contributed by atoms with van der Waals surface area (Å²) in [4.78, 5) is 2.45. The lowest BCUT2D eigenvalue weighted by Crippen LogP contribution is -2.48. The summed E-state index contributed by atoms with van der Waals surface area (Å²) in [7, 11) is 5.06. The normalized spacial score (nSPS) is 21.7. The molecule has 29 heavy (non-hydrogen) atoms. The largest absolute Gasteiger partial charge is 0.497 e. The molecule has 1 saturated heterocycles. The highest BCUT2D eigenvalue weighted by Crippen LogP contribution is 2.44. The number of hydrogen-bond acceptors (Lipinski definition) is 5. The Balaban J connectivity index is 1.82. The van der Waals surface area contributed by atoms with E-state index in [0.29, 0.717) is 6.04 Å². The van der Waals surface area contributed by atoms with Gasteiger partial charge in [-0.15, -0.1) is 0 Å². The molecular formula is C24H27NO4. The van der Waals surface area contributed by atoms with Gasteiger partial charge in [-0.3, -0.25) is 4.90 Å². The molecule has 1 fully saturated rings. The average molecular weight is 393 g/mol. The average Bonchev–Trinajstić information content (AvgIpc) is 2.76. The molecule has 2 atom stereocenters. The molecule has 152 valence electrons. The second-order valence-electron chi connectivity index (χ2n) is 8.14. The van der Waals surface area contributed by atoms with E-state index in [9.17, 15) is 5.11 Å². The molecule has 2 aliphatic heterocycles. The van der Waals surface area contributed by atoms with Crippen molar-refractivity contribution in [3.63, 3.8) is 0 Å². The van der Waals surface area contributed by atoms with Crippen LogP contribution in [0.4, 0.5) is 0 Å². The highest BCUT2D eigenvalue weighted by atomic mass is 16.5. The fraction of sp³-hybridized carbons (Fsp3) is 0.417. The Morgan fingerprint density at radius 1 is 0.828 bits per heavy atom. The van der Waals surface area contributed by atoms with Crippen LogP contribution in [-0.2, 0) is 13.0 Å². The standard InChI is InChI=1S/C24H27NO4/c1-27-16-6-7-17-19(9-16)21-11-24(29-3)23(28-2)10-20(21)18-8-14-4-5-15(26)12-25(14)13-22(17)18/h6-7,9-11,14-15,26H,4-5,8,12-13H2,1-3H3/t14-,15+/m1/s1. The first-order valence-electron chi connectivity index (χ1n) is 10.2. The number of aliphatic hydroxyl groups excluding tert-OH is 1. The number of hydrogen-bond donors (Lipinski definition) is 1. The molecule has 2 heterocycles. The minimum absolute atomic E-state index is 0.219. The topological polar surface area (TPSA) is 51.2 Å². The van der Waals surface area contributed by atoms with Gasteiger partial charge in [-0.1, -0.05) is 6.07 Å². The summed E-state index contributed by atoms with van der Waals surface area (Å²) in [6.07, 6.45) is 2.70. The summed E-state index contributed by atoms with van der Waals surface area (Å²) in [6, 6.07) is 11.0. The number of aliphatic hydroxyl groups is 1. The van der Waals surface area contributed by atoms with E-state index in [1.54, 1.807) is 21.3 Å². The fourth-order valence-corrected chi connectivity index (χ4v) is 5.17. The van der Waals surface area contributed by atoms with Crippen LogP contribution in [0.25, 0.3) is 21.5 Å². The molecule has 3 aromatic rings. The highest BCUT2D eigenvalue weighted by molar-refractivity contribution is 6.12. The van der Waals surface area contributed by atoms with E-state index in [2.05, 4.69) is 29.2 Å². The Morgan fingerprint density at radius 2 is 1.55 bits per heavy atom. The van der Waals surface area contributed by atoms with Crippen LogP contribution in [0.15, 0.2) is 30.3 Å². The molecule has 0 unspecified atom stereocenters. The van der Waals surface area contributed by atoms with Crippen molar-refractivity contribution in [1.29, 1.82) is 0 Å². The maximum atomic E-state index is 10.2. The van der Waals surface area contributed by atoms with Crippen molar-refractivity contribution in [1.82, 2.24) is 4.90 Å². The van der Waals surface area contributed by atoms with Gasteiger partial charge in [0, 0.05) is 19.1 Å². The molecule has 0 bridgehead atoms. The van der Waals surface area contributed by atoms with Crippen molar-refractivity contribution in [3.05, 3.63) is 41.5 Å². The van der Waals surface area contributed by atoms with Gasteiger partial charge >= 0.3 is 0 Å².